The fourth-order valence-corrected chi connectivity index (χ4v) is 1.14. The zero-order valence-electron chi connectivity index (χ0n) is 8.51. The molecule has 0 aliphatic heterocycles. The standard InChI is InChI=1S/C7H6O2.C6H5Cl/c8-7(9)6-4-2-1-3-5-6;7-6-4-2-1-3-5-6/h1-5H,(H,8,9);1-5H. The number of hydrogen-bond donors (Lipinski definition) is 1. The molecule has 3 heteroatoms. The molecule has 82 valence electrons. The fourth-order valence-electron chi connectivity index (χ4n) is 0.995. The molecule has 0 fully saturated rings. The average molecular weight is 235 g/mol. The van der Waals surface area contributed by atoms with E-state index in [-0.39, 0.29) is 0 Å². The smallest absolute Gasteiger partial charge is 0.335 e. The average Bonchev–Trinajstić information content (AvgIpc) is 2.32. The maximum absolute atomic E-state index is 10.2. The molecule has 0 spiro atoms. The molecule has 0 bridgehead atoms. The molecule has 0 saturated carbocycles. The summed E-state index contributed by atoms with van der Waals surface area (Å²) in [5.41, 5.74) is 0.331. The highest BCUT2D eigenvalue weighted by molar-refractivity contribution is 6.30. The number of halogens is 1. The summed E-state index contributed by atoms with van der Waals surface area (Å²) >= 11 is 5.54. The van der Waals surface area contributed by atoms with Crippen LogP contribution in [0.15, 0.2) is 60.7 Å². The van der Waals surface area contributed by atoms with Gasteiger partial charge in [0.15, 0.2) is 0 Å². The number of aromatic carboxylic acids is 1. The largest absolute Gasteiger partial charge is 0.478 e. The third-order valence-electron chi connectivity index (χ3n) is 1.75. The van der Waals surface area contributed by atoms with Crippen LogP contribution in [0, 0.1) is 0 Å². The van der Waals surface area contributed by atoms with Crippen LogP contribution in [0.25, 0.3) is 0 Å². The summed E-state index contributed by atoms with van der Waals surface area (Å²) in [6.45, 7) is 0. The minimum Gasteiger partial charge on any atom is -0.478 e. The summed E-state index contributed by atoms with van der Waals surface area (Å²) in [6.07, 6.45) is 0. The first-order valence-corrected chi connectivity index (χ1v) is 5.07. The van der Waals surface area contributed by atoms with E-state index in [1.54, 1.807) is 30.3 Å². The van der Waals surface area contributed by atoms with Gasteiger partial charge in [-0.25, -0.2) is 4.79 Å². The number of benzene rings is 2. The summed E-state index contributed by atoms with van der Waals surface area (Å²) in [6, 6.07) is 17.7. The van der Waals surface area contributed by atoms with Gasteiger partial charge >= 0.3 is 5.97 Å². The van der Waals surface area contributed by atoms with E-state index in [2.05, 4.69) is 0 Å². The molecule has 0 aliphatic rings. The summed E-state index contributed by atoms with van der Waals surface area (Å²) in [5.74, 6) is -0.879. The summed E-state index contributed by atoms with van der Waals surface area (Å²) in [5, 5.41) is 9.18. The molecule has 2 nitrogen and oxygen atoms in total. The molecule has 2 rings (SSSR count). The molecular formula is C13H11ClO2. The zero-order chi connectivity index (χ0) is 11.8. The lowest BCUT2D eigenvalue weighted by Gasteiger charge is -1.88. The summed E-state index contributed by atoms with van der Waals surface area (Å²) in [7, 11) is 0. The Morgan fingerprint density at radius 1 is 0.875 bits per heavy atom. The highest BCUT2D eigenvalue weighted by atomic mass is 35.5. The Labute approximate surface area is 99.1 Å². The molecule has 2 aromatic rings. The first kappa shape index (κ1) is 12.3. The SMILES string of the molecule is Clc1ccccc1.O=C(O)c1ccccc1. The van der Waals surface area contributed by atoms with Crippen molar-refractivity contribution in [3.8, 4) is 0 Å². The lowest BCUT2D eigenvalue weighted by atomic mass is 10.2. The van der Waals surface area contributed by atoms with Gasteiger partial charge in [-0.2, -0.15) is 0 Å². The van der Waals surface area contributed by atoms with Crippen molar-refractivity contribution in [1.82, 2.24) is 0 Å². The van der Waals surface area contributed by atoms with Gasteiger partial charge in [-0.1, -0.05) is 48.0 Å². The van der Waals surface area contributed by atoms with E-state index in [4.69, 9.17) is 16.7 Å². The summed E-state index contributed by atoms with van der Waals surface area (Å²) < 4.78 is 0. The van der Waals surface area contributed by atoms with Crippen LogP contribution in [0.5, 0.6) is 0 Å². The predicted octanol–water partition coefficient (Wildman–Crippen LogP) is 3.72. The molecule has 0 aliphatic carbocycles. The Hall–Kier alpha value is -1.80. The Bertz CT molecular complexity index is 426. The van der Waals surface area contributed by atoms with Crippen LogP contribution in [0.2, 0.25) is 5.02 Å². The second-order valence-electron chi connectivity index (χ2n) is 2.97. The van der Waals surface area contributed by atoms with Crippen LogP contribution < -0.4 is 0 Å². The number of carbonyl (C=O) groups is 1. The first-order valence-electron chi connectivity index (χ1n) is 4.69. The Morgan fingerprint density at radius 2 is 1.31 bits per heavy atom. The van der Waals surface area contributed by atoms with Gasteiger partial charge in [0.1, 0.15) is 0 Å². The number of carboxylic acids is 1. The first-order chi connectivity index (χ1) is 7.70. The van der Waals surface area contributed by atoms with E-state index in [0.717, 1.165) is 5.02 Å². The van der Waals surface area contributed by atoms with Crippen LogP contribution >= 0.6 is 11.6 Å². The molecule has 0 aromatic heterocycles. The minimum absolute atomic E-state index is 0.331. The topological polar surface area (TPSA) is 37.3 Å². The van der Waals surface area contributed by atoms with Crippen molar-refractivity contribution in [2.45, 2.75) is 0 Å². The van der Waals surface area contributed by atoms with Gasteiger partial charge in [0.2, 0.25) is 0 Å². The molecule has 2 aromatic carbocycles. The maximum atomic E-state index is 10.2. The van der Waals surface area contributed by atoms with Crippen molar-refractivity contribution in [2.75, 3.05) is 0 Å². The minimum atomic E-state index is -0.879. The van der Waals surface area contributed by atoms with Gasteiger partial charge in [-0.15, -0.1) is 0 Å². The van der Waals surface area contributed by atoms with Crippen LogP contribution in [0.3, 0.4) is 0 Å². The van der Waals surface area contributed by atoms with Crippen molar-refractivity contribution in [1.29, 1.82) is 0 Å². The second kappa shape index (κ2) is 6.64. The van der Waals surface area contributed by atoms with E-state index < -0.39 is 5.97 Å². The Morgan fingerprint density at radius 3 is 1.56 bits per heavy atom. The molecule has 0 radical (unpaired) electrons. The van der Waals surface area contributed by atoms with Gasteiger partial charge in [0.25, 0.3) is 0 Å². The van der Waals surface area contributed by atoms with Crippen LogP contribution in [0.4, 0.5) is 0 Å². The van der Waals surface area contributed by atoms with Crippen molar-refractivity contribution in [2.24, 2.45) is 0 Å². The van der Waals surface area contributed by atoms with Crippen LogP contribution in [-0.2, 0) is 0 Å². The lowest BCUT2D eigenvalue weighted by Crippen LogP contribution is -1.93. The van der Waals surface area contributed by atoms with E-state index >= 15 is 0 Å². The molecular weight excluding hydrogens is 224 g/mol. The van der Waals surface area contributed by atoms with Gasteiger partial charge in [-0.3, -0.25) is 0 Å². The number of rotatable bonds is 1. The van der Waals surface area contributed by atoms with Gasteiger partial charge in [0, 0.05) is 5.02 Å². The van der Waals surface area contributed by atoms with Gasteiger partial charge < -0.3 is 5.11 Å². The lowest BCUT2D eigenvalue weighted by molar-refractivity contribution is 0.0697. The maximum Gasteiger partial charge on any atom is 0.335 e. The monoisotopic (exact) mass is 234 g/mol. The van der Waals surface area contributed by atoms with Gasteiger partial charge in [-0.05, 0) is 24.3 Å². The predicted molar refractivity (Wildman–Crippen MR) is 64.9 cm³/mol. The quantitative estimate of drug-likeness (QED) is 0.817. The van der Waals surface area contributed by atoms with Crippen LogP contribution in [0.1, 0.15) is 10.4 Å². The van der Waals surface area contributed by atoms with E-state index in [9.17, 15) is 4.79 Å². The van der Waals surface area contributed by atoms with E-state index in [1.807, 2.05) is 30.3 Å². The molecule has 0 saturated heterocycles. The zero-order valence-corrected chi connectivity index (χ0v) is 9.26. The molecule has 0 atom stereocenters. The summed E-state index contributed by atoms with van der Waals surface area (Å²) in [4.78, 5) is 10.2. The second-order valence-corrected chi connectivity index (χ2v) is 3.40. The van der Waals surface area contributed by atoms with Crippen molar-refractivity contribution < 1.29 is 9.90 Å². The molecule has 1 N–H and O–H groups in total. The molecule has 0 amide bonds. The van der Waals surface area contributed by atoms with Crippen molar-refractivity contribution in [3.63, 3.8) is 0 Å². The normalized spacial score (nSPS) is 8.81. The molecule has 0 heterocycles. The number of hydrogen-bond acceptors (Lipinski definition) is 1. The molecule has 16 heavy (non-hydrogen) atoms. The highest BCUT2D eigenvalue weighted by Crippen LogP contribution is 2.03. The number of carboxylic acid groups (broad SMARTS) is 1. The van der Waals surface area contributed by atoms with Crippen LogP contribution in [-0.4, -0.2) is 11.1 Å². The van der Waals surface area contributed by atoms with E-state index in [0.29, 0.717) is 5.56 Å². The van der Waals surface area contributed by atoms with E-state index in [1.165, 1.54) is 0 Å². The highest BCUT2D eigenvalue weighted by Gasteiger charge is 1.96. The van der Waals surface area contributed by atoms with Gasteiger partial charge in [0.05, 0.1) is 5.56 Å². The Balaban J connectivity index is 0.000000165. The van der Waals surface area contributed by atoms with Crippen molar-refractivity contribution in [3.05, 3.63) is 71.2 Å². The third-order valence-corrected chi connectivity index (χ3v) is 2.01. The fraction of sp³-hybridized carbons (Fsp3) is 0. The van der Waals surface area contributed by atoms with Crippen molar-refractivity contribution >= 4 is 17.6 Å². The third kappa shape index (κ3) is 4.62. The Kier molecular flexibility index (Phi) is 5.09. The molecule has 0 unspecified atom stereocenters.